The third-order valence-electron chi connectivity index (χ3n) is 5.71. The molecule has 172 valence electrons. The molecule has 2 aromatic carbocycles. The highest BCUT2D eigenvalue weighted by atomic mass is 16.6. The molecule has 0 radical (unpaired) electrons. The Morgan fingerprint density at radius 3 is 2.32 bits per heavy atom. The molecule has 0 spiro atoms. The molecule has 1 fully saturated rings. The molecule has 1 aliphatic rings. The molecule has 1 saturated heterocycles. The van der Waals surface area contributed by atoms with Gasteiger partial charge in [-0.3, -0.25) is 25.0 Å². The van der Waals surface area contributed by atoms with E-state index in [-0.39, 0.29) is 17.0 Å². The number of nitrogens with zero attached hydrogens (tertiary/aromatic N) is 2. The number of benzene rings is 2. The van der Waals surface area contributed by atoms with Gasteiger partial charge in [-0.1, -0.05) is 26.0 Å². The summed E-state index contributed by atoms with van der Waals surface area (Å²) in [5.74, 6) is -0.637. The summed E-state index contributed by atoms with van der Waals surface area (Å²) >= 11 is 0. The van der Waals surface area contributed by atoms with Gasteiger partial charge in [0.2, 0.25) is 0 Å². The monoisotopic (exact) mass is 459 g/mol. The first kappa shape index (κ1) is 22.7. The highest BCUT2D eigenvalue weighted by Gasteiger charge is 2.37. The van der Waals surface area contributed by atoms with E-state index in [4.69, 9.17) is 4.42 Å². The van der Waals surface area contributed by atoms with Gasteiger partial charge in [-0.05, 0) is 60.4 Å². The first-order valence-corrected chi connectivity index (χ1v) is 10.6. The average molecular weight is 459 g/mol. The van der Waals surface area contributed by atoms with Crippen LogP contribution >= 0.6 is 0 Å². The Hall–Kier alpha value is -4.53. The molecule has 4 rings (SSSR count). The molecule has 1 N–H and O–H groups in total. The second kappa shape index (κ2) is 9.14. The van der Waals surface area contributed by atoms with Crippen molar-refractivity contribution in [3.63, 3.8) is 0 Å². The number of nitro benzene ring substituents is 1. The van der Waals surface area contributed by atoms with Gasteiger partial charge in [0.15, 0.2) is 0 Å². The van der Waals surface area contributed by atoms with Gasteiger partial charge in [0.1, 0.15) is 17.1 Å². The van der Waals surface area contributed by atoms with E-state index in [2.05, 4.69) is 19.2 Å². The van der Waals surface area contributed by atoms with Gasteiger partial charge < -0.3 is 4.42 Å². The number of urea groups is 1. The van der Waals surface area contributed by atoms with Crippen LogP contribution in [0.5, 0.6) is 0 Å². The van der Waals surface area contributed by atoms with E-state index in [1.54, 1.807) is 24.3 Å². The second-order valence-electron chi connectivity index (χ2n) is 7.86. The minimum Gasteiger partial charge on any atom is -0.457 e. The molecular formula is C25H21N3O6. The Kier molecular flexibility index (Phi) is 6.09. The fraction of sp³-hybridized carbons (Fsp3) is 0.160. The number of imide groups is 2. The molecule has 0 saturated carbocycles. The maximum atomic E-state index is 13.1. The van der Waals surface area contributed by atoms with Crippen LogP contribution in [-0.4, -0.2) is 22.8 Å². The summed E-state index contributed by atoms with van der Waals surface area (Å²) < 4.78 is 5.71. The largest absolute Gasteiger partial charge is 0.457 e. The van der Waals surface area contributed by atoms with Crippen molar-refractivity contribution < 1.29 is 23.7 Å². The van der Waals surface area contributed by atoms with Crippen molar-refractivity contribution in [2.75, 3.05) is 4.90 Å². The van der Waals surface area contributed by atoms with E-state index in [0.29, 0.717) is 22.9 Å². The minimum absolute atomic E-state index is 0.0518. The molecule has 1 aromatic heterocycles. The normalized spacial score (nSPS) is 16.0. The predicted molar refractivity (Wildman–Crippen MR) is 125 cm³/mol. The van der Waals surface area contributed by atoms with Crippen LogP contribution in [0.2, 0.25) is 0 Å². The van der Waals surface area contributed by atoms with Crippen LogP contribution in [0.1, 0.15) is 37.5 Å². The average Bonchev–Trinajstić information content (AvgIpc) is 3.30. The Morgan fingerprint density at radius 1 is 1.03 bits per heavy atom. The zero-order chi connectivity index (χ0) is 24.4. The van der Waals surface area contributed by atoms with Gasteiger partial charge in [0, 0.05) is 17.7 Å². The summed E-state index contributed by atoms with van der Waals surface area (Å²) in [6.45, 7) is 4.16. The number of barbiturate groups is 1. The molecule has 1 atom stereocenters. The van der Waals surface area contributed by atoms with E-state index in [1.807, 2.05) is 12.1 Å². The second-order valence-corrected chi connectivity index (χ2v) is 7.86. The van der Waals surface area contributed by atoms with Gasteiger partial charge >= 0.3 is 6.03 Å². The summed E-state index contributed by atoms with van der Waals surface area (Å²) in [5, 5.41) is 13.0. The fourth-order valence-electron chi connectivity index (χ4n) is 3.55. The molecule has 3 aromatic rings. The van der Waals surface area contributed by atoms with Crippen molar-refractivity contribution in [3.8, 4) is 11.3 Å². The Labute approximate surface area is 194 Å². The van der Waals surface area contributed by atoms with Crippen LogP contribution in [0.3, 0.4) is 0 Å². The van der Waals surface area contributed by atoms with Crippen LogP contribution < -0.4 is 10.2 Å². The summed E-state index contributed by atoms with van der Waals surface area (Å²) in [6.07, 6.45) is 2.22. The van der Waals surface area contributed by atoms with Crippen LogP contribution in [0.25, 0.3) is 17.4 Å². The third-order valence-corrected chi connectivity index (χ3v) is 5.71. The highest BCUT2D eigenvalue weighted by molar-refractivity contribution is 6.39. The van der Waals surface area contributed by atoms with Crippen molar-refractivity contribution in [2.24, 2.45) is 0 Å². The molecule has 34 heavy (non-hydrogen) atoms. The highest BCUT2D eigenvalue weighted by Crippen LogP contribution is 2.28. The Balaban J connectivity index is 1.60. The molecule has 9 nitrogen and oxygen atoms in total. The Bertz CT molecular complexity index is 1310. The van der Waals surface area contributed by atoms with Crippen molar-refractivity contribution in [1.82, 2.24) is 5.32 Å². The van der Waals surface area contributed by atoms with Crippen LogP contribution in [-0.2, 0) is 9.59 Å². The maximum absolute atomic E-state index is 13.1. The number of nitrogens with one attached hydrogen (secondary N) is 1. The lowest BCUT2D eigenvalue weighted by molar-refractivity contribution is -0.384. The summed E-state index contributed by atoms with van der Waals surface area (Å²) in [5.41, 5.74) is 1.71. The summed E-state index contributed by atoms with van der Waals surface area (Å²) in [4.78, 5) is 49.1. The predicted octanol–water partition coefficient (Wildman–Crippen LogP) is 5.03. The molecule has 4 amide bonds. The number of carbonyl (C=O) groups excluding carboxylic acids is 3. The lowest BCUT2D eigenvalue weighted by Gasteiger charge is -2.26. The number of anilines is 1. The van der Waals surface area contributed by atoms with Crippen molar-refractivity contribution in [1.29, 1.82) is 0 Å². The summed E-state index contributed by atoms with van der Waals surface area (Å²) in [6, 6.07) is 15.2. The van der Waals surface area contributed by atoms with Crippen LogP contribution in [0.4, 0.5) is 16.2 Å². The molecule has 1 aliphatic heterocycles. The first-order valence-electron chi connectivity index (χ1n) is 10.6. The van der Waals surface area contributed by atoms with E-state index in [0.717, 1.165) is 16.9 Å². The number of furan rings is 1. The zero-order valence-electron chi connectivity index (χ0n) is 18.5. The first-order chi connectivity index (χ1) is 16.3. The van der Waals surface area contributed by atoms with Crippen LogP contribution in [0, 0.1) is 10.1 Å². The van der Waals surface area contributed by atoms with E-state index in [1.165, 1.54) is 30.3 Å². The topological polar surface area (TPSA) is 123 Å². The van der Waals surface area contributed by atoms with Gasteiger partial charge in [0.05, 0.1) is 10.6 Å². The van der Waals surface area contributed by atoms with Crippen molar-refractivity contribution >= 4 is 35.3 Å². The molecule has 0 aliphatic carbocycles. The number of non-ortho nitro benzene ring substituents is 1. The van der Waals surface area contributed by atoms with Crippen molar-refractivity contribution in [2.45, 2.75) is 26.2 Å². The number of carbonyl (C=O) groups is 3. The quantitative estimate of drug-likeness (QED) is 0.239. The smallest absolute Gasteiger partial charge is 0.335 e. The van der Waals surface area contributed by atoms with E-state index in [9.17, 15) is 24.5 Å². The molecule has 9 heteroatoms. The lowest BCUT2D eigenvalue weighted by atomic mass is 9.98. The van der Waals surface area contributed by atoms with Gasteiger partial charge in [-0.2, -0.15) is 0 Å². The zero-order valence-corrected chi connectivity index (χ0v) is 18.5. The number of hydrogen-bond acceptors (Lipinski definition) is 6. The Morgan fingerprint density at radius 2 is 1.71 bits per heavy atom. The number of rotatable bonds is 6. The molecule has 2 heterocycles. The molecule has 0 bridgehead atoms. The standard InChI is InChI=1S/C25H21N3O6/c1-3-15(2)16-4-8-18(9-5-16)27-24(30)21(23(29)26-25(27)31)14-20-12-13-22(34-20)17-6-10-19(11-7-17)28(32)33/h4-15H,3H2,1-2H3,(H,26,29,31)/b21-14-/t15-/m1/s1. The minimum atomic E-state index is -0.825. The van der Waals surface area contributed by atoms with E-state index >= 15 is 0 Å². The van der Waals surface area contributed by atoms with E-state index < -0.39 is 22.8 Å². The number of amides is 4. The number of hydrogen-bond donors (Lipinski definition) is 1. The summed E-state index contributed by atoms with van der Waals surface area (Å²) in [7, 11) is 0. The maximum Gasteiger partial charge on any atom is 0.335 e. The number of nitro groups is 1. The lowest BCUT2D eigenvalue weighted by Crippen LogP contribution is -2.54. The molecule has 0 unspecified atom stereocenters. The van der Waals surface area contributed by atoms with Gasteiger partial charge in [-0.15, -0.1) is 0 Å². The fourth-order valence-corrected chi connectivity index (χ4v) is 3.55. The molecular weight excluding hydrogens is 438 g/mol. The third kappa shape index (κ3) is 4.36. The SMILES string of the molecule is CC[C@@H](C)c1ccc(N2C(=O)NC(=O)/C(=C/c3ccc(-c4ccc([N+](=O)[O-])cc4)o3)C2=O)cc1. The van der Waals surface area contributed by atoms with Crippen LogP contribution in [0.15, 0.2) is 70.7 Å². The van der Waals surface area contributed by atoms with Gasteiger partial charge in [-0.25, -0.2) is 9.69 Å². The van der Waals surface area contributed by atoms with Crippen molar-refractivity contribution in [3.05, 3.63) is 87.7 Å². The van der Waals surface area contributed by atoms with Gasteiger partial charge in [0.25, 0.3) is 17.5 Å².